The van der Waals surface area contributed by atoms with Crippen LogP contribution in [0.1, 0.15) is 12.5 Å². The average Bonchev–Trinajstić information content (AvgIpc) is 2.28. The van der Waals surface area contributed by atoms with Crippen molar-refractivity contribution in [1.82, 2.24) is 5.32 Å². The predicted molar refractivity (Wildman–Crippen MR) is 66.9 cm³/mol. The molecule has 1 N–H and O–H groups in total. The molecule has 0 fully saturated rings. The number of nitrogens with one attached hydrogen (secondary N) is 1. The third-order valence-electron chi connectivity index (χ3n) is 2.07. The van der Waals surface area contributed by atoms with Gasteiger partial charge < -0.3 is 10.1 Å². The van der Waals surface area contributed by atoms with E-state index >= 15 is 0 Å². The average molecular weight is 239 g/mol. The molecule has 0 saturated heterocycles. The first kappa shape index (κ1) is 13.1. The van der Waals surface area contributed by atoms with Crippen molar-refractivity contribution in [2.75, 3.05) is 19.8 Å². The summed E-state index contributed by atoms with van der Waals surface area (Å²) in [6.07, 6.45) is 0.403. The highest BCUT2D eigenvalue weighted by Gasteiger charge is 2.02. The Hall–Kier alpha value is -1.00. The molecule has 1 rings (SSSR count). The van der Waals surface area contributed by atoms with Gasteiger partial charge in [-0.3, -0.25) is 4.79 Å². The summed E-state index contributed by atoms with van der Waals surface area (Å²) in [5, 5.41) is 2.80. The number of hydrogen-bond acceptors (Lipinski definition) is 3. The number of hydrogen-bond donors (Lipinski definition) is 2. The molecule has 0 atom stereocenters. The first-order valence-corrected chi connectivity index (χ1v) is 5.79. The molecule has 0 aliphatic rings. The molecule has 1 aromatic rings. The first-order chi connectivity index (χ1) is 7.72. The third-order valence-corrected chi connectivity index (χ3v) is 2.37. The van der Waals surface area contributed by atoms with Gasteiger partial charge in [0.2, 0.25) is 5.91 Å². The van der Waals surface area contributed by atoms with Gasteiger partial charge in [-0.05, 0) is 24.6 Å². The van der Waals surface area contributed by atoms with Crippen molar-refractivity contribution in [2.45, 2.75) is 18.2 Å². The van der Waals surface area contributed by atoms with Gasteiger partial charge in [0.25, 0.3) is 0 Å². The minimum Gasteiger partial charge on any atom is -0.380 e. The molecule has 1 amide bonds. The van der Waals surface area contributed by atoms with E-state index in [2.05, 4.69) is 17.9 Å². The molecule has 0 spiro atoms. The monoisotopic (exact) mass is 239 g/mol. The molecule has 88 valence electrons. The van der Waals surface area contributed by atoms with Gasteiger partial charge in [-0.15, -0.1) is 12.6 Å². The van der Waals surface area contributed by atoms with E-state index in [-0.39, 0.29) is 5.91 Å². The van der Waals surface area contributed by atoms with Crippen LogP contribution in [0.15, 0.2) is 29.2 Å². The molecule has 0 bridgehead atoms. The lowest BCUT2D eigenvalue weighted by molar-refractivity contribution is -0.120. The van der Waals surface area contributed by atoms with E-state index in [1.807, 2.05) is 31.2 Å². The zero-order valence-electron chi connectivity index (χ0n) is 9.40. The largest absolute Gasteiger partial charge is 0.380 e. The van der Waals surface area contributed by atoms with Crippen LogP contribution in [0.4, 0.5) is 0 Å². The van der Waals surface area contributed by atoms with E-state index < -0.39 is 0 Å². The van der Waals surface area contributed by atoms with E-state index in [9.17, 15) is 4.79 Å². The van der Waals surface area contributed by atoms with Crippen molar-refractivity contribution in [3.05, 3.63) is 29.8 Å². The van der Waals surface area contributed by atoms with Gasteiger partial charge >= 0.3 is 0 Å². The van der Waals surface area contributed by atoms with E-state index in [1.165, 1.54) is 0 Å². The first-order valence-electron chi connectivity index (χ1n) is 5.34. The van der Waals surface area contributed by atoms with Crippen LogP contribution in [0.25, 0.3) is 0 Å². The van der Waals surface area contributed by atoms with Crippen LogP contribution in [0.2, 0.25) is 0 Å². The predicted octanol–water partition coefficient (Wildman–Crippen LogP) is 1.67. The summed E-state index contributed by atoms with van der Waals surface area (Å²) in [5.41, 5.74) is 0.992. The summed E-state index contributed by atoms with van der Waals surface area (Å²) in [7, 11) is 0. The van der Waals surface area contributed by atoms with Crippen LogP contribution >= 0.6 is 12.6 Å². The van der Waals surface area contributed by atoms with Crippen LogP contribution in [-0.2, 0) is 16.0 Å². The molecular formula is C12H17NO2S. The minimum absolute atomic E-state index is 0.0200. The Bertz CT molecular complexity index is 324. The Kier molecular flexibility index (Phi) is 5.96. The van der Waals surface area contributed by atoms with Crippen LogP contribution < -0.4 is 5.32 Å². The van der Waals surface area contributed by atoms with Gasteiger partial charge in [0.15, 0.2) is 0 Å². The zero-order valence-corrected chi connectivity index (χ0v) is 10.3. The van der Waals surface area contributed by atoms with Crippen LogP contribution in [0.5, 0.6) is 0 Å². The van der Waals surface area contributed by atoms with Crippen molar-refractivity contribution < 1.29 is 9.53 Å². The van der Waals surface area contributed by atoms with E-state index in [0.717, 1.165) is 10.5 Å². The molecule has 1 aromatic carbocycles. The van der Waals surface area contributed by atoms with Gasteiger partial charge in [0.05, 0.1) is 13.0 Å². The van der Waals surface area contributed by atoms with Crippen molar-refractivity contribution >= 4 is 18.5 Å². The highest BCUT2D eigenvalue weighted by atomic mass is 32.1. The molecule has 0 aliphatic carbocycles. The highest BCUT2D eigenvalue weighted by Crippen LogP contribution is 2.07. The van der Waals surface area contributed by atoms with E-state index in [1.54, 1.807) is 0 Å². The minimum atomic E-state index is 0.0200. The van der Waals surface area contributed by atoms with Crippen LogP contribution in [0, 0.1) is 0 Å². The number of thiol groups is 1. The van der Waals surface area contributed by atoms with E-state index in [0.29, 0.717) is 26.2 Å². The molecule has 0 heterocycles. The molecule has 0 aromatic heterocycles. The Balaban J connectivity index is 2.26. The Morgan fingerprint density at radius 1 is 1.38 bits per heavy atom. The van der Waals surface area contributed by atoms with Gasteiger partial charge in [0.1, 0.15) is 0 Å². The second-order valence-corrected chi connectivity index (χ2v) is 3.91. The van der Waals surface area contributed by atoms with Gasteiger partial charge in [-0.25, -0.2) is 0 Å². The number of benzene rings is 1. The summed E-state index contributed by atoms with van der Waals surface area (Å²) in [5.74, 6) is 0.0200. The SMILES string of the molecule is CCOCCNC(=O)Cc1ccc(S)cc1. The summed E-state index contributed by atoms with van der Waals surface area (Å²) in [6.45, 7) is 3.75. The Labute approximate surface area is 102 Å². The van der Waals surface area contributed by atoms with Crippen LogP contribution in [0.3, 0.4) is 0 Å². The summed E-state index contributed by atoms with van der Waals surface area (Å²) in [4.78, 5) is 12.4. The maximum Gasteiger partial charge on any atom is 0.224 e. The second-order valence-electron chi connectivity index (χ2n) is 3.39. The summed E-state index contributed by atoms with van der Waals surface area (Å²) >= 11 is 4.18. The molecule has 16 heavy (non-hydrogen) atoms. The molecule has 0 unspecified atom stereocenters. The molecular weight excluding hydrogens is 222 g/mol. The Morgan fingerprint density at radius 2 is 2.06 bits per heavy atom. The smallest absolute Gasteiger partial charge is 0.224 e. The molecule has 0 aliphatic heterocycles. The zero-order chi connectivity index (χ0) is 11.8. The molecule has 3 nitrogen and oxygen atoms in total. The quantitative estimate of drug-likeness (QED) is 0.585. The molecule has 4 heteroatoms. The maximum atomic E-state index is 11.5. The number of rotatable bonds is 6. The molecule has 0 radical (unpaired) electrons. The topological polar surface area (TPSA) is 38.3 Å². The van der Waals surface area contributed by atoms with E-state index in [4.69, 9.17) is 4.74 Å². The second kappa shape index (κ2) is 7.30. The third kappa shape index (κ3) is 5.19. The maximum absolute atomic E-state index is 11.5. The van der Waals surface area contributed by atoms with Gasteiger partial charge in [0, 0.05) is 18.0 Å². The number of carbonyl (C=O) groups excluding carboxylic acids is 1. The Morgan fingerprint density at radius 3 is 2.69 bits per heavy atom. The fraction of sp³-hybridized carbons (Fsp3) is 0.417. The normalized spacial score (nSPS) is 10.1. The lowest BCUT2D eigenvalue weighted by Crippen LogP contribution is -2.28. The fourth-order valence-corrected chi connectivity index (χ4v) is 1.42. The summed E-state index contributed by atoms with van der Waals surface area (Å²) in [6, 6.07) is 7.58. The van der Waals surface area contributed by atoms with Crippen molar-refractivity contribution in [3.63, 3.8) is 0 Å². The standard InChI is InChI=1S/C12H17NO2S/c1-2-15-8-7-13-12(14)9-10-3-5-11(16)6-4-10/h3-6,16H,2,7-9H2,1H3,(H,13,14). The van der Waals surface area contributed by atoms with Gasteiger partial charge in [-0.2, -0.15) is 0 Å². The fourth-order valence-electron chi connectivity index (χ4n) is 1.27. The van der Waals surface area contributed by atoms with Crippen molar-refractivity contribution in [1.29, 1.82) is 0 Å². The summed E-state index contributed by atoms with van der Waals surface area (Å²) < 4.78 is 5.13. The number of amides is 1. The van der Waals surface area contributed by atoms with Crippen molar-refractivity contribution in [2.24, 2.45) is 0 Å². The lowest BCUT2D eigenvalue weighted by atomic mass is 10.1. The van der Waals surface area contributed by atoms with Gasteiger partial charge in [-0.1, -0.05) is 12.1 Å². The van der Waals surface area contributed by atoms with Crippen molar-refractivity contribution in [3.8, 4) is 0 Å². The number of carbonyl (C=O) groups is 1. The van der Waals surface area contributed by atoms with Crippen LogP contribution in [-0.4, -0.2) is 25.7 Å². The lowest BCUT2D eigenvalue weighted by Gasteiger charge is -2.05. The highest BCUT2D eigenvalue weighted by molar-refractivity contribution is 7.80. The molecule has 0 saturated carbocycles. The number of ether oxygens (including phenoxy) is 1.